The molecule has 4 aromatic heterocycles. The maximum Gasteiger partial charge on any atom is 0.219 e. The Morgan fingerprint density at radius 3 is 1.53 bits per heavy atom. The van der Waals surface area contributed by atoms with E-state index in [2.05, 4.69) is 84.0 Å². The molecule has 0 saturated heterocycles. The number of pyridine rings is 2. The first-order valence-electron chi connectivity index (χ1n) is 20.2. The number of aromatic nitrogens is 4. The number of aryl methyl sites for hydroxylation is 4. The topological polar surface area (TPSA) is 133 Å². The number of fused-ring (bicyclic) bond motifs is 8. The third-order valence-electron chi connectivity index (χ3n) is 11.3. The Balaban J connectivity index is 0.692. The van der Waals surface area contributed by atoms with Crippen molar-refractivity contribution in [2.45, 2.75) is 34.6 Å². The van der Waals surface area contributed by atoms with E-state index >= 15 is 0 Å². The Bertz CT molecular complexity index is 2780. The largest absolute Gasteiger partial charge is 0.491 e. The van der Waals surface area contributed by atoms with Gasteiger partial charge in [-0.3, -0.25) is 14.8 Å². The highest BCUT2D eigenvalue weighted by molar-refractivity contribution is 6.17. The van der Waals surface area contributed by atoms with Crippen molar-refractivity contribution in [3.63, 3.8) is 0 Å². The highest BCUT2D eigenvalue weighted by atomic mass is 16.7. The van der Waals surface area contributed by atoms with Crippen LogP contribution in [0.25, 0.3) is 65.2 Å². The van der Waals surface area contributed by atoms with E-state index in [0.717, 1.165) is 55.1 Å². The number of hydrogen-bond acceptors (Lipinski definition) is 9. The fraction of sp³-hybridized carbons (Fsp3) is 0.340. The molecule has 0 saturated carbocycles. The van der Waals surface area contributed by atoms with Crippen LogP contribution >= 0.6 is 0 Å². The molecule has 0 fully saturated rings. The molecule has 0 bridgehead atoms. The molecule has 59 heavy (non-hydrogen) atoms. The van der Waals surface area contributed by atoms with Gasteiger partial charge in [0.1, 0.15) is 31.5 Å². The van der Waals surface area contributed by atoms with Crippen LogP contribution < -0.4 is 9.47 Å². The second-order valence-electron chi connectivity index (χ2n) is 14.9. The minimum absolute atomic E-state index is 0.0382. The van der Waals surface area contributed by atoms with Gasteiger partial charge in [0.2, 0.25) is 5.91 Å². The normalized spacial score (nSPS) is 11.9. The van der Waals surface area contributed by atoms with Gasteiger partial charge in [0, 0.05) is 88.2 Å². The van der Waals surface area contributed by atoms with E-state index in [9.17, 15) is 4.79 Å². The van der Waals surface area contributed by atoms with Crippen LogP contribution in [0.4, 0.5) is 0 Å². The zero-order valence-corrected chi connectivity index (χ0v) is 34.4. The third kappa shape index (κ3) is 8.40. The summed E-state index contributed by atoms with van der Waals surface area (Å²) in [5.41, 5.74) is 9.27. The highest BCUT2D eigenvalue weighted by Gasteiger charge is 2.16. The molecule has 306 valence electrons. The number of ether oxygens (including phenoxy) is 6. The number of hydrogen-bond donors (Lipinski definition) is 2. The summed E-state index contributed by atoms with van der Waals surface area (Å²) in [7, 11) is 0. The van der Waals surface area contributed by atoms with E-state index < -0.39 is 0 Å². The van der Waals surface area contributed by atoms with Gasteiger partial charge < -0.3 is 43.3 Å². The van der Waals surface area contributed by atoms with Crippen LogP contribution in [0, 0.1) is 27.7 Å². The van der Waals surface area contributed by atoms with Gasteiger partial charge in [0.25, 0.3) is 0 Å². The average molecular weight is 798 g/mol. The van der Waals surface area contributed by atoms with Crippen molar-refractivity contribution in [1.29, 1.82) is 0 Å². The molecule has 4 heterocycles. The summed E-state index contributed by atoms with van der Waals surface area (Å²) in [5.74, 6) is 1.53. The van der Waals surface area contributed by atoms with Gasteiger partial charge in [-0.2, -0.15) is 0 Å². The minimum atomic E-state index is -0.0382. The summed E-state index contributed by atoms with van der Waals surface area (Å²) in [6.45, 7) is 14.4. The summed E-state index contributed by atoms with van der Waals surface area (Å²) in [4.78, 5) is 29.8. The third-order valence-corrected chi connectivity index (χ3v) is 11.3. The first-order chi connectivity index (χ1) is 28.8. The zero-order chi connectivity index (χ0) is 40.9. The average Bonchev–Trinajstić information content (AvgIpc) is 3.83. The number of carbonyl (C=O) groups is 1. The Morgan fingerprint density at radius 2 is 1.00 bits per heavy atom. The van der Waals surface area contributed by atoms with Gasteiger partial charge in [-0.1, -0.05) is 0 Å². The number of aromatic amines is 2. The number of rotatable bonds is 19. The number of H-pyrrole nitrogens is 2. The minimum Gasteiger partial charge on any atom is -0.491 e. The van der Waals surface area contributed by atoms with Crippen molar-refractivity contribution in [3.8, 4) is 11.5 Å². The van der Waals surface area contributed by atoms with Gasteiger partial charge in [-0.05, 0) is 109 Å². The van der Waals surface area contributed by atoms with Gasteiger partial charge in [-0.15, -0.1) is 0 Å². The Morgan fingerprint density at radius 1 is 0.542 bits per heavy atom. The summed E-state index contributed by atoms with van der Waals surface area (Å²) in [6, 6.07) is 16.4. The van der Waals surface area contributed by atoms with Gasteiger partial charge in [0.05, 0.1) is 50.7 Å². The van der Waals surface area contributed by atoms with Crippen LogP contribution in [0.3, 0.4) is 0 Å². The van der Waals surface area contributed by atoms with E-state index in [-0.39, 0.29) is 12.7 Å². The molecule has 12 heteroatoms. The number of nitrogens with one attached hydrogen (secondary N) is 2. The molecular weight excluding hydrogens is 747 g/mol. The summed E-state index contributed by atoms with van der Waals surface area (Å²) in [5, 5.41) is 9.40. The maximum atomic E-state index is 12.2. The van der Waals surface area contributed by atoms with E-state index in [1.807, 2.05) is 36.9 Å². The number of benzene rings is 4. The van der Waals surface area contributed by atoms with Crippen LogP contribution in [0.5, 0.6) is 11.5 Å². The Hall–Kier alpha value is -5.79. The van der Waals surface area contributed by atoms with Crippen molar-refractivity contribution in [3.05, 3.63) is 95.6 Å². The molecular formula is C47H51N5O7. The van der Waals surface area contributed by atoms with Crippen LogP contribution in [-0.2, 0) is 23.7 Å². The van der Waals surface area contributed by atoms with Crippen molar-refractivity contribution < 1.29 is 33.2 Å². The highest BCUT2D eigenvalue weighted by Crippen LogP contribution is 2.39. The van der Waals surface area contributed by atoms with Crippen molar-refractivity contribution >= 4 is 71.1 Å². The molecule has 0 atom stereocenters. The Kier molecular flexibility index (Phi) is 12.2. The van der Waals surface area contributed by atoms with Crippen LogP contribution in [0.2, 0.25) is 0 Å². The standard InChI is InChI=1S/C47H51N5O7/c1-29-40-26-48-12-10-36(40)31(3)46-44(29)38-24-34(6-8-42(38)50-46)58-22-20-55-19-18-54-16-14-52(33(5)53)15-17-56-28-57-21-23-59-35-7-9-43-39(25-35)45-30(2)41-27-49-13-11-37(41)32(4)47(45)51-43/h6-13,24-27,50-51H,14-23,28H2,1-5H3. The molecule has 0 aliphatic heterocycles. The zero-order valence-electron chi connectivity index (χ0n) is 34.4. The quantitative estimate of drug-likeness (QED) is 0.0610. The van der Waals surface area contributed by atoms with Crippen LogP contribution in [-0.4, -0.2) is 103 Å². The van der Waals surface area contributed by atoms with Gasteiger partial charge in [0.15, 0.2) is 0 Å². The first kappa shape index (κ1) is 40.0. The molecule has 8 aromatic rings. The van der Waals surface area contributed by atoms with Gasteiger partial charge >= 0.3 is 0 Å². The lowest BCUT2D eigenvalue weighted by Crippen LogP contribution is -2.35. The molecule has 0 radical (unpaired) electrons. The molecule has 0 unspecified atom stereocenters. The SMILES string of the molecule is CC(=O)N(CCOCCOCCOc1ccc2[nH]c3c(C)c4ccncc4c(C)c3c2c1)CCOCOCCOc1ccc2[nH]c3c(C)c4ccncc4c(C)c3c2c1. The summed E-state index contributed by atoms with van der Waals surface area (Å²) >= 11 is 0. The van der Waals surface area contributed by atoms with Crippen molar-refractivity contribution in [1.82, 2.24) is 24.8 Å². The van der Waals surface area contributed by atoms with E-state index in [1.165, 1.54) is 43.8 Å². The summed E-state index contributed by atoms with van der Waals surface area (Å²) < 4.78 is 34.8. The van der Waals surface area contributed by atoms with E-state index in [1.54, 1.807) is 11.8 Å². The molecule has 0 aliphatic carbocycles. The molecule has 12 nitrogen and oxygen atoms in total. The molecule has 8 rings (SSSR count). The predicted molar refractivity (Wildman–Crippen MR) is 233 cm³/mol. The van der Waals surface area contributed by atoms with Crippen LogP contribution in [0.15, 0.2) is 73.3 Å². The molecule has 0 spiro atoms. The number of nitrogens with zero attached hydrogens (tertiary/aromatic N) is 3. The fourth-order valence-corrected chi connectivity index (χ4v) is 8.15. The lowest BCUT2D eigenvalue weighted by molar-refractivity contribution is -0.131. The molecule has 1 amide bonds. The summed E-state index contributed by atoms with van der Waals surface area (Å²) in [6.07, 6.45) is 7.56. The Labute approximate surface area is 342 Å². The lowest BCUT2D eigenvalue weighted by Gasteiger charge is -2.21. The number of amides is 1. The predicted octanol–water partition coefficient (Wildman–Crippen LogP) is 8.62. The van der Waals surface area contributed by atoms with Crippen molar-refractivity contribution in [2.24, 2.45) is 0 Å². The second-order valence-corrected chi connectivity index (χ2v) is 14.9. The monoisotopic (exact) mass is 797 g/mol. The second kappa shape index (κ2) is 18.0. The fourth-order valence-electron chi connectivity index (χ4n) is 8.15. The van der Waals surface area contributed by atoms with E-state index in [4.69, 9.17) is 28.4 Å². The smallest absolute Gasteiger partial charge is 0.219 e. The molecule has 0 aliphatic rings. The maximum absolute atomic E-state index is 12.2. The number of carbonyl (C=O) groups excluding carboxylic acids is 1. The first-order valence-corrected chi connectivity index (χ1v) is 20.2. The van der Waals surface area contributed by atoms with Crippen LogP contribution in [0.1, 0.15) is 29.2 Å². The van der Waals surface area contributed by atoms with Crippen molar-refractivity contribution in [2.75, 3.05) is 72.7 Å². The van der Waals surface area contributed by atoms with E-state index in [0.29, 0.717) is 65.9 Å². The molecule has 2 N–H and O–H groups in total. The van der Waals surface area contributed by atoms with Gasteiger partial charge in [-0.25, -0.2) is 0 Å². The lowest BCUT2D eigenvalue weighted by atomic mass is 9.97. The molecule has 4 aromatic carbocycles.